The highest BCUT2D eigenvalue weighted by atomic mass is 32.2. The number of thiocarbonyl (C=S) groups is 1. The average molecular weight is 312 g/mol. The molecule has 4 rings (SSSR count). The van der Waals surface area contributed by atoms with Crippen LogP contribution in [0, 0.1) is 0 Å². The topological polar surface area (TPSA) is 67.9 Å². The van der Waals surface area contributed by atoms with Gasteiger partial charge < -0.3 is 19.7 Å². The smallest absolute Gasteiger partial charge is 0.231 e. The summed E-state index contributed by atoms with van der Waals surface area (Å²) in [7, 11) is -3.00. The van der Waals surface area contributed by atoms with Crippen molar-refractivity contribution in [2.75, 3.05) is 23.2 Å². The van der Waals surface area contributed by atoms with Gasteiger partial charge in [0, 0.05) is 11.8 Å². The predicted octanol–water partition coefficient (Wildman–Crippen LogP) is 0.275. The lowest BCUT2D eigenvalue weighted by atomic mass is 10.1. The molecule has 3 aliphatic rings. The van der Waals surface area contributed by atoms with Crippen molar-refractivity contribution in [1.82, 2.24) is 5.32 Å². The molecular formula is C12H12N2O4S2. The third-order valence-corrected chi connectivity index (χ3v) is 5.85. The standard InChI is InChI=1S/C12H12N2O4S2/c15-20(16)4-8-9(5-20)14(12(19)13-8)7-1-2-10-11(3-7)18-6-17-10/h1-3,8-9H,4-6H2,(H,13,19)/t8-,9-/m1/s1. The lowest BCUT2D eigenvalue weighted by molar-refractivity contribution is 0.174. The fraction of sp³-hybridized carbons (Fsp3) is 0.417. The van der Waals surface area contributed by atoms with E-state index in [4.69, 9.17) is 21.7 Å². The van der Waals surface area contributed by atoms with E-state index >= 15 is 0 Å². The van der Waals surface area contributed by atoms with Gasteiger partial charge in [-0.05, 0) is 24.4 Å². The summed E-state index contributed by atoms with van der Waals surface area (Å²) in [5.41, 5.74) is 0.830. The summed E-state index contributed by atoms with van der Waals surface area (Å²) in [6, 6.07) is 5.25. The quantitative estimate of drug-likeness (QED) is 0.747. The molecule has 0 aliphatic carbocycles. The minimum atomic E-state index is -3.00. The van der Waals surface area contributed by atoms with E-state index in [1.54, 1.807) is 0 Å². The zero-order valence-corrected chi connectivity index (χ0v) is 12.0. The molecule has 1 N–H and O–H groups in total. The molecule has 1 aromatic carbocycles. The number of benzene rings is 1. The van der Waals surface area contributed by atoms with Crippen LogP contribution >= 0.6 is 12.2 Å². The number of fused-ring (bicyclic) bond motifs is 2. The first-order valence-electron chi connectivity index (χ1n) is 6.23. The van der Waals surface area contributed by atoms with E-state index in [0.29, 0.717) is 16.6 Å². The maximum absolute atomic E-state index is 11.8. The van der Waals surface area contributed by atoms with E-state index in [9.17, 15) is 8.42 Å². The number of rotatable bonds is 1. The van der Waals surface area contributed by atoms with Gasteiger partial charge in [0.1, 0.15) is 0 Å². The minimum Gasteiger partial charge on any atom is -0.454 e. The van der Waals surface area contributed by atoms with Gasteiger partial charge in [0.2, 0.25) is 6.79 Å². The Balaban J connectivity index is 1.72. The van der Waals surface area contributed by atoms with Crippen LogP contribution in [0.5, 0.6) is 11.5 Å². The minimum absolute atomic E-state index is 0.124. The molecule has 0 unspecified atom stereocenters. The van der Waals surface area contributed by atoms with Crippen molar-refractivity contribution in [2.45, 2.75) is 12.1 Å². The van der Waals surface area contributed by atoms with Gasteiger partial charge in [-0.15, -0.1) is 0 Å². The molecular weight excluding hydrogens is 300 g/mol. The number of hydrogen-bond donors (Lipinski definition) is 1. The van der Waals surface area contributed by atoms with E-state index in [2.05, 4.69) is 5.32 Å². The van der Waals surface area contributed by atoms with Crippen molar-refractivity contribution in [3.8, 4) is 11.5 Å². The zero-order valence-electron chi connectivity index (χ0n) is 10.4. The lowest BCUT2D eigenvalue weighted by Gasteiger charge is -2.23. The molecule has 6 nitrogen and oxygen atoms in total. The van der Waals surface area contributed by atoms with Crippen molar-refractivity contribution < 1.29 is 17.9 Å². The molecule has 3 aliphatic heterocycles. The molecule has 8 heteroatoms. The highest BCUT2D eigenvalue weighted by molar-refractivity contribution is 7.91. The molecule has 2 saturated heterocycles. The van der Waals surface area contributed by atoms with Gasteiger partial charge >= 0.3 is 0 Å². The van der Waals surface area contributed by atoms with Crippen molar-refractivity contribution >= 4 is 32.9 Å². The summed E-state index contributed by atoms with van der Waals surface area (Å²) in [6.45, 7) is 0.210. The van der Waals surface area contributed by atoms with E-state index in [0.717, 1.165) is 5.69 Å². The van der Waals surface area contributed by atoms with Gasteiger partial charge in [-0.25, -0.2) is 8.42 Å². The van der Waals surface area contributed by atoms with Crippen LogP contribution in [0.15, 0.2) is 18.2 Å². The van der Waals surface area contributed by atoms with E-state index in [-0.39, 0.29) is 30.4 Å². The van der Waals surface area contributed by atoms with Gasteiger partial charge in [-0.3, -0.25) is 0 Å². The molecule has 2 fully saturated rings. The SMILES string of the molecule is O=S1(=O)C[C@@H]2[C@@H](C1)NC(=S)N2c1ccc2c(c1)OCO2. The van der Waals surface area contributed by atoms with E-state index in [1.807, 2.05) is 23.1 Å². The Morgan fingerprint density at radius 3 is 2.90 bits per heavy atom. The summed E-state index contributed by atoms with van der Waals surface area (Å²) in [6.07, 6.45) is 0. The number of ether oxygens (including phenoxy) is 2. The third kappa shape index (κ3) is 1.75. The van der Waals surface area contributed by atoms with Crippen molar-refractivity contribution in [1.29, 1.82) is 0 Å². The number of anilines is 1. The van der Waals surface area contributed by atoms with Crippen LogP contribution < -0.4 is 19.7 Å². The molecule has 2 atom stereocenters. The van der Waals surface area contributed by atoms with Crippen LogP contribution in [0.4, 0.5) is 5.69 Å². The molecule has 0 amide bonds. The highest BCUT2D eigenvalue weighted by Gasteiger charge is 2.47. The Morgan fingerprint density at radius 1 is 1.25 bits per heavy atom. The first-order valence-corrected chi connectivity index (χ1v) is 8.46. The highest BCUT2D eigenvalue weighted by Crippen LogP contribution is 2.38. The van der Waals surface area contributed by atoms with Crippen molar-refractivity contribution in [3.05, 3.63) is 18.2 Å². The Morgan fingerprint density at radius 2 is 2.05 bits per heavy atom. The third-order valence-electron chi connectivity index (χ3n) is 3.82. The molecule has 106 valence electrons. The monoisotopic (exact) mass is 312 g/mol. The summed E-state index contributed by atoms with van der Waals surface area (Å²) in [5, 5.41) is 3.66. The fourth-order valence-corrected chi connectivity index (χ4v) is 5.23. The summed E-state index contributed by atoms with van der Waals surface area (Å²) >= 11 is 5.33. The van der Waals surface area contributed by atoms with Gasteiger partial charge in [-0.2, -0.15) is 0 Å². The molecule has 0 bridgehead atoms. The Bertz CT molecular complexity index is 703. The largest absolute Gasteiger partial charge is 0.454 e. The molecule has 20 heavy (non-hydrogen) atoms. The summed E-state index contributed by atoms with van der Waals surface area (Å²) in [4.78, 5) is 1.87. The van der Waals surface area contributed by atoms with Crippen LogP contribution in [0.25, 0.3) is 0 Å². The number of nitrogens with zero attached hydrogens (tertiary/aromatic N) is 1. The maximum Gasteiger partial charge on any atom is 0.231 e. The Labute approximate surface area is 121 Å². The van der Waals surface area contributed by atoms with Crippen molar-refractivity contribution in [3.63, 3.8) is 0 Å². The molecule has 3 heterocycles. The second-order valence-electron chi connectivity index (χ2n) is 5.11. The second kappa shape index (κ2) is 3.98. The maximum atomic E-state index is 11.8. The normalized spacial score (nSPS) is 29.4. The van der Waals surface area contributed by atoms with Crippen molar-refractivity contribution in [2.24, 2.45) is 0 Å². The molecule has 1 aromatic rings. The lowest BCUT2D eigenvalue weighted by Crippen LogP contribution is -2.36. The number of nitrogens with one attached hydrogen (secondary N) is 1. The van der Waals surface area contributed by atoms with Crippen LogP contribution in [0.1, 0.15) is 0 Å². The number of hydrogen-bond acceptors (Lipinski definition) is 5. The molecule has 0 aromatic heterocycles. The molecule has 0 saturated carbocycles. The van der Waals surface area contributed by atoms with Crippen LogP contribution in [-0.4, -0.2) is 43.9 Å². The van der Waals surface area contributed by atoms with Gasteiger partial charge in [0.25, 0.3) is 0 Å². The molecule has 0 radical (unpaired) electrons. The van der Waals surface area contributed by atoms with E-state index < -0.39 is 9.84 Å². The average Bonchev–Trinajstić information content (AvgIpc) is 3.00. The predicted molar refractivity (Wildman–Crippen MR) is 77.0 cm³/mol. The first kappa shape index (κ1) is 12.2. The fourth-order valence-electron chi connectivity index (χ4n) is 2.94. The van der Waals surface area contributed by atoms with Gasteiger partial charge in [0.15, 0.2) is 26.4 Å². The Hall–Kier alpha value is -1.54. The number of sulfone groups is 1. The van der Waals surface area contributed by atoms with E-state index in [1.165, 1.54) is 0 Å². The summed E-state index contributed by atoms with van der Waals surface area (Å²) < 4.78 is 34.2. The summed E-state index contributed by atoms with van der Waals surface area (Å²) in [5.74, 6) is 1.62. The Kier molecular flexibility index (Phi) is 2.43. The van der Waals surface area contributed by atoms with Gasteiger partial charge in [-0.1, -0.05) is 0 Å². The molecule has 0 spiro atoms. The second-order valence-corrected chi connectivity index (χ2v) is 7.65. The van der Waals surface area contributed by atoms with Gasteiger partial charge in [0.05, 0.1) is 23.6 Å². The first-order chi connectivity index (χ1) is 9.53. The van der Waals surface area contributed by atoms with Crippen LogP contribution in [0.3, 0.4) is 0 Å². The van der Waals surface area contributed by atoms with Crippen LogP contribution in [-0.2, 0) is 9.84 Å². The van der Waals surface area contributed by atoms with Crippen LogP contribution in [0.2, 0.25) is 0 Å². The zero-order chi connectivity index (χ0) is 13.9.